The Bertz CT molecular complexity index is 1190. The van der Waals surface area contributed by atoms with E-state index < -0.39 is 0 Å². The zero-order valence-corrected chi connectivity index (χ0v) is 18.4. The van der Waals surface area contributed by atoms with Crippen LogP contribution in [0.5, 0.6) is 0 Å². The normalized spacial score (nSPS) is 11.0. The van der Waals surface area contributed by atoms with Crippen LogP contribution in [0.25, 0.3) is 0 Å². The average molecular weight is 443 g/mol. The van der Waals surface area contributed by atoms with Gasteiger partial charge in [0, 0.05) is 5.69 Å². The predicted octanol–water partition coefficient (Wildman–Crippen LogP) is 5.78. The van der Waals surface area contributed by atoms with E-state index in [1.54, 1.807) is 0 Å². The lowest BCUT2D eigenvalue weighted by Crippen LogP contribution is -2.14. The van der Waals surface area contributed by atoms with Gasteiger partial charge in [0.15, 0.2) is 5.16 Å². The fraction of sp³-hybridized carbons (Fsp3) is 0.125. The first-order valence-corrected chi connectivity index (χ1v) is 11.1. The van der Waals surface area contributed by atoms with Gasteiger partial charge in [0.05, 0.1) is 23.7 Å². The predicted molar refractivity (Wildman–Crippen MR) is 127 cm³/mol. The van der Waals surface area contributed by atoms with E-state index in [-0.39, 0.29) is 11.7 Å². The summed E-state index contributed by atoms with van der Waals surface area (Å²) in [5.74, 6) is 0.945. The summed E-state index contributed by atoms with van der Waals surface area (Å²) in [7, 11) is 0. The van der Waals surface area contributed by atoms with Gasteiger partial charge in [0.25, 0.3) is 0 Å². The lowest BCUT2D eigenvalue weighted by Gasteiger charge is -2.09. The van der Waals surface area contributed by atoms with E-state index in [0.29, 0.717) is 17.9 Å². The number of aromatic nitrogens is 3. The first-order valence-electron chi connectivity index (χ1n) is 10.1. The Labute approximate surface area is 190 Å². The van der Waals surface area contributed by atoms with E-state index in [1.165, 1.54) is 11.8 Å². The monoisotopic (exact) mass is 442 g/mol. The molecule has 0 fully saturated rings. The van der Waals surface area contributed by atoms with E-state index in [1.807, 2.05) is 84.3 Å². The van der Waals surface area contributed by atoms with Crippen LogP contribution in [0.4, 0.5) is 17.1 Å². The molecule has 0 aliphatic carbocycles. The summed E-state index contributed by atoms with van der Waals surface area (Å²) in [5, 5.41) is 20.4. The number of anilines is 1. The molecule has 0 atom stereocenters. The fourth-order valence-corrected chi connectivity index (χ4v) is 3.75. The van der Waals surface area contributed by atoms with Gasteiger partial charge in [0.1, 0.15) is 5.82 Å². The smallest absolute Gasteiger partial charge is 0.234 e. The van der Waals surface area contributed by atoms with Gasteiger partial charge in [-0.2, -0.15) is 10.2 Å². The van der Waals surface area contributed by atoms with Crippen molar-refractivity contribution in [2.24, 2.45) is 10.2 Å². The fourth-order valence-electron chi connectivity index (χ4n) is 2.97. The molecule has 7 nitrogen and oxygen atoms in total. The van der Waals surface area contributed by atoms with Crippen LogP contribution in [0.15, 0.2) is 100 Å². The maximum absolute atomic E-state index is 12.4. The number of carbonyl (C=O) groups is 1. The topological polar surface area (TPSA) is 84.5 Å². The molecule has 0 saturated carbocycles. The zero-order chi connectivity index (χ0) is 22.2. The first-order chi connectivity index (χ1) is 15.7. The Hall–Kier alpha value is -3.78. The third kappa shape index (κ3) is 5.89. The van der Waals surface area contributed by atoms with Crippen molar-refractivity contribution in [3.63, 3.8) is 0 Å². The maximum atomic E-state index is 12.4. The summed E-state index contributed by atoms with van der Waals surface area (Å²) in [6, 6.07) is 26.9. The average Bonchev–Trinajstić information content (AvgIpc) is 3.17. The SMILES string of the molecule is Cc1nnc(SCC(=O)Nc2ccc(N=Nc3ccccc3)cc2)n1Cc1ccccc1. The molecule has 0 bridgehead atoms. The molecule has 4 rings (SSSR count). The van der Waals surface area contributed by atoms with Gasteiger partial charge in [-0.25, -0.2) is 0 Å². The van der Waals surface area contributed by atoms with Gasteiger partial charge in [-0.3, -0.25) is 4.79 Å². The number of hydrogen-bond donors (Lipinski definition) is 1. The van der Waals surface area contributed by atoms with Crippen molar-refractivity contribution in [1.82, 2.24) is 14.8 Å². The number of thioether (sulfide) groups is 1. The zero-order valence-electron chi connectivity index (χ0n) is 17.5. The highest BCUT2D eigenvalue weighted by atomic mass is 32.2. The van der Waals surface area contributed by atoms with Crippen molar-refractivity contribution < 1.29 is 4.79 Å². The molecule has 1 amide bonds. The van der Waals surface area contributed by atoms with E-state index in [9.17, 15) is 4.79 Å². The molecule has 0 spiro atoms. The van der Waals surface area contributed by atoms with E-state index in [0.717, 1.165) is 22.2 Å². The number of nitrogens with one attached hydrogen (secondary N) is 1. The minimum atomic E-state index is -0.111. The van der Waals surface area contributed by atoms with Crippen molar-refractivity contribution in [3.8, 4) is 0 Å². The van der Waals surface area contributed by atoms with Gasteiger partial charge in [-0.05, 0) is 48.9 Å². The van der Waals surface area contributed by atoms with E-state index in [2.05, 4.69) is 37.9 Å². The lowest BCUT2D eigenvalue weighted by atomic mass is 10.2. The van der Waals surface area contributed by atoms with Crippen LogP contribution < -0.4 is 5.32 Å². The Morgan fingerprint density at radius 2 is 1.50 bits per heavy atom. The highest BCUT2D eigenvalue weighted by molar-refractivity contribution is 7.99. The van der Waals surface area contributed by atoms with Crippen molar-refractivity contribution >= 4 is 34.7 Å². The van der Waals surface area contributed by atoms with Crippen molar-refractivity contribution in [1.29, 1.82) is 0 Å². The molecule has 4 aromatic rings. The lowest BCUT2D eigenvalue weighted by molar-refractivity contribution is -0.113. The number of rotatable bonds is 8. The standard InChI is InChI=1S/C24H22N6OS/c1-18-26-29-24(30(18)16-19-8-4-2-5-9-19)32-17-23(31)25-20-12-14-22(15-13-20)28-27-21-10-6-3-7-11-21/h2-15H,16-17H2,1H3,(H,25,31). The quantitative estimate of drug-likeness (QED) is 0.277. The molecule has 0 unspecified atom stereocenters. The van der Waals surface area contributed by atoms with Gasteiger partial charge in [-0.15, -0.1) is 10.2 Å². The Kier molecular flexibility index (Phi) is 7.04. The minimum absolute atomic E-state index is 0.111. The summed E-state index contributed by atoms with van der Waals surface area (Å²) < 4.78 is 2.01. The molecule has 0 radical (unpaired) electrons. The van der Waals surface area contributed by atoms with Gasteiger partial charge in [-0.1, -0.05) is 60.3 Å². The second-order valence-corrected chi connectivity index (χ2v) is 7.96. The Morgan fingerprint density at radius 3 is 2.19 bits per heavy atom. The summed E-state index contributed by atoms with van der Waals surface area (Å²) >= 11 is 1.37. The van der Waals surface area contributed by atoms with Gasteiger partial charge >= 0.3 is 0 Å². The number of hydrogen-bond acceptors (Lipinski definition) is 6. The summed E-state index contributed by atoms with van der Waals surface area (Å²) in [6.07, 6.45) is 0. The van der Waals surface area contributed by atoms with Crippen LogP contribution in [-0.2, 0) is 11.3 Å². The minimum Gasteiger partial charge on any atom is -0.325 e. The second kappa shape index (κ2) is 10.5. The molecule has 1 N–H and O–H groups in total. The number of amides is 1. The molecule has 3 aromatic carbocycles. The van der Waals surface area contributed by atoms with E-state index >= 15 is 0 Å². The van der Waals surface area contributed by atoms with Crippen LogP contribution in [0.1, 0.15) is 11.4 Å². The molecule has 0 aliphatic rings. The van der Waals surface area contributed by atoms with Crippen LogP contribution >= 0.6 is 11.8 Å². The molecule has 0 saturated heterocycles. The van der Waals surface area contributed by atoms with Crippen molar-refractivity contribution in [3.05, 3.63) is 96.3 Å². The summed E-state index contributed by atoms with van der Waals surface area (Å²) in [6.45, 7) is 2.58. The van der Waals surface area contributed by atoms with Gasteiger partial charge in [0.2, 0.25) is 5.91 Å². The largest absolute Gasteiger partial charge is 0.325 e. The molecule has 160 valence electrons. The second-order valence-electron chi connectivity index (χ2n) is 7.02. The van der Waals surface area contributed by atoms with E-state index in [4.69, 9.17) is 0 Å². The number of benzene rings is 3. The van der Waals surface area contributed by atoms with Gasteiger partial charge < -0.3 is 9.88 Å². The first kappa shape index (κ1) is 21.5. The van der Waals surface area contributed by atoms with Crippen LogP contribution in [0, 0.1) is 6.92 Å². The molecule has 0 aliphatic heterocycles. The van der Waals surface area contributed by atoms with Crippen LogP contribution in [0.2, 0.25) is 0 Å². The third-order valence-corrected chi connectivity index (χ3v) is 5.57. The van der Waals surface area contributed by atoms with Crippen molar-refractivity contribution in [2.75, 3.05) is 11.1 Å². The number of nitrogens with zero attached hydrogens (tertiary/aromatic N) is 5. The molecular formula is C24H22N6OS. The maximum Gasteiger partial charge on any atom is 0.234 e. The Balaban J connectivity index is 1.31. The molecular weight excluding hydrogens is 420 g/mol. The molecule has 32 heavy (non-hydrogen) atoms. The van der Waals surface area contributed by atoms with Crippen molar-refractivity contribution in [2.45, 2.75) is 18.6 Å². The summed E-state index contributed by atoms with van der Waals surface area (Å²) in [4.78, 5) is 12.4. The Morgan fingerprint density at radius 1 is 0.875 bits per heavy atom. The molecule has 1 heterocycles. The number of aryl methyl sites for hydroxylation is 1. The number of carbonyl (C=O) groups excluding carboxylic acids is 1. The van der Waals surface area contributed by atoms with Crippen LogP contribution in [-0.4, -0.2) is 26.4 Å². The molecule has 8 heteroatoms. The highest BCUT2D eigenvalue weighted by Crippen LogP contribution is 2.21. The number of azo groups is 1. The van der Waals surface area contributed by atoms with Crippen LogP contribution in [0.3, 0.4) is 0 Å². The molecule has 1 aromatic heterocycles. The third-order valence-electron chi connectivity index (χ3n) is 4.61. The highest BCUT2D eigenvalue weighted by Gasteiger charge is 2.12. The summed E-state index contributed by atoms with van der Waals surface area (Å²) in [5.41, 5.74) is 3.37.